The average molecular weight is 295 g/mol. The van der Waals surface area contributed by atoms with Gasteiger partial charge in [-0.3, -0.25) is 9.59 Å². The van der Waals surface area contributed by atoms with Crippen molar-refractivity contribution in [3.63, 3.8) is 0 Å². The van der Waals surface area contributed by atoms with E-state index in [4.69, 9.17) is 4.74 Å². The number of ether oxygens (including phenoxy) is 1. The maximum Gasteiger partial charge on any atom is 0.269 e. The van der Waals surface area contributed by atoms with Crippen LogP contribution in [-0.4, -0.2) is 36.3 Å². The van der Waals surface area contributed by atoms with Crippen molar-refractivity contribution in [3.05, 3.63) is 0 Å². The Balaban J connectivity index is 1.69. The topological polar surface area (TPSA) is 79.8 Å². The van der Waals surface area contributed by atoms with Crippen molar-refractivity contribution in [2.45, 2.75) is 70.4 Å². The van der Waals surface area contributed by atoms with Crippen molar-refractivity contribution in [1.82, 2.24) is 10.7 Å². The van der Waals surface area contributed by atoms with Gasteiger partial charge in [0.25, 0.3) is 5.91 Å². The van der Waals surface area contributed by atoms with Gasteiger partial charge in [0, 0.05) is 18.4 Å². The Hall–Kier alpha value is -1.43. The zero-order chi connectivity index (χ0) is 15.1. The molecule has 0 aromatic heterocycles. The van der Waals surface area contributed by atoms with Crippen LogP contribution in [0.15, 0.2) is 5.10 Å². The molecule has 118 valence electrons. The summed E-state index contributed by atoms with van der Waals surface area (Å²) in [7, 11) is 0. The summed E-state index contributed by atoms with van der Waals surface area (Å²) in [5.74, 6) is -0.242. The lowest BCUT2D eigenvalue weighted by Crippen LogP contribution is -2.37. The second-order valence-corrected chi connectivity index (χ2v) is 5.90. The summed E-state index contributed by atoms with van der Waals surface area (Å²) in [5, 5.41) is 7.01. The Labute approximate surface area is 125 Å². The monoisotopic (exact) mass is 295 g/mol. The quantitative estimate of drug-likeness (QED) is 0.596. The van der Waals surface area contributed by atoms with E-state index in [1.165, 1.54) is 19.3 Å². The van der Waals surface area contributed by atoms with Crippen LogP contribution < -0.4 is 10.7 Å². The van der Waals surface area contributed by atoms with Crippen molar-refractivity contribution >= 4 is 17.5 Å². The summed E-state index contributed by atoms with van der Waals surface area (Å²) in [6, 6.07) is 0.306. The van der Waals surface area contributed by atoms with E-state index in [0.29, 0.717) is 18.4 Å². The van der Waals surface area contributed by atoms with Crippen LogP contribution in [0.2, 0.25) is 0 Å². The van der Waals surface area contributed by atoms with Gasteiger partial charge in [0.1, 0.15) is 6.10 Å². The number of hydrazone groups is 1. The Bertz CT molecular complexity index is 397. The summed E-state index contributed by atoms with van der Waals surface area (Å²) < 4.78 is 5.27. The fraction of sp³-hybridized carbons (Fsp3) is 0.800. The predicted molar refractivity (Wildman–Crippen MR) is 79.9 cm³/mol. The molecule has 2 N–H and O–H groups in total. The smallest absolute Gasteiger partial charge is 0.269 e. The lowest BCUT2D eigenvalue weighted by molar-refractivity contribution is -0.130. The summed E-state index contributed by atoms with van der Waals surface area (Å²) >= 11 is 0. The van der Waals surface area contributed by atoms with E-state index in [2.05, 4.69) is 15.8 Å². The second-order valence-electron chi connectivity index (χ2n) is 5.90. The molecule has 1 aliphatic heterocycles. The van der Waals surface area contributed by atoms with Crippen molar-refractivity contribution < 1.29 is 14.3 Å². The molecule has 2 rings (SSSR count). The van der Waals surface area contributed by atoms with E-state index >= 15 is 0 Å². The molecular formula is C15H25N3O3. The van der Waals surface area contributed by atoms with Crippen LogP contribution >= 0.6 is 0 Å². The van der Waals surface area contributed by atoms with Gasteiger partial charge in [-0.2, -0.15) is 5.10 Å². The van der Waals surface area contributed by atoms with Gasteiger partial charge in [-0.1, -0.05) is 19.3 Å². The molecule has 0 bridgehead atoms. The SMILES string of the molecule is CC(CC(=O)NC1CCCCC1)=NNC(=O)C1CCCO1. The Morgan fingerprint density at radius 2 is 1.90 bits per heavy atom. The Kier molecular flexibility index (Phi) is 6.17. The molecule has 1 saturated carbocycles. The van der Waals surface area contributed by atoms with Crippen LogP contribution in [0, 0.1) is 0 Å². The minimum atomic E-state index is -0.391. The van der Waals surface area contributed by atoms with E-state index in [1.807, 2.05) is 0 Å². The van der Waals surface area contributed by atoms with Gasteiger partial charge in [0.2, 0.25) is 5.91 Å². The highest BCUT2D eigenvalue weighted by Crippen LogP contribution is 2.17. The van der Waals surface area contributed by atoms with Gasteiger partial charge in [-0.15, -0.1) is 0 Å². The molecule has 0 spiro atoms. The summed E-state index contributed by atoms with van der Waals surface area (Å²) in [4.78, 5) is 23.6. The molecule has 21 heavy (non-hydrogen) atoms. The van der Waals surface area contributed by atoms with Crippen LogP contribution in [-0.2, 0) is 14.3 Å². The van der Waals surface area contributed by atoms with Gasteiger partial charge >= 0.3 is 0 Å². The highest BCUT2D eigenvalue weighted by molar-refractivity contribution is 6.00. The van der Waals surface area contributed by atoms with Gasteiger partial charge in [0.15, 0.2) is 0 Å². The molecule has 2 fully saturated rings. The van der Waals surface area contributed by atoms with Gasteiger partial charge < -0.3 is 10.1 Å². The van der Waals surface area contributed by atoms with Crippen LogP contribution in [0.4, 0.5) is 0 Å². The largest absolute Gasteiger partial charge is 0.368 e. The van der Waals surface area contributed by atoms with Gasteiger partial charge in [-0.25, -0.2) is 5.43 Å². The first-order valence-corrected chi connectivity index (χ1v) is 7.89. The lowest BCUT2D eigenvalue weighted by atomic mass is 9.95. The molecule has 1 saturated heterocycles. The number of hydrogen-bond donors (Lipinski definition) is 2. The minimum Gasteiger partial charge on any atom is -0.368 e. The third-order valence-corrected chi connectivity index (χ3v) is 3.97. The van der Waals surface area contributed by atoms with Crippen molar-refractivity contribution in [3.8, 4) is 0 Å². The van der Waals surface area contributed by atoms with E-state index in [0.717, 1.165) is 25.7 Å². The van der Waals surface area contributed by atoms with Crippen molar-refractivity contribution in [2.24, 2.45) is 5.10 Å². The van der Waals surface area contributed by atoms with Crippen molar-refractivity contribution in [1.29, 1.82) is 0 Å². The molecule has 2 amide bonds. The molecule has 1 heterocycles. The van der Waals surface area contributed by atoms with Crippen LogP contribution in [0.3, 0.4) is 0 Å². The number of nitrogens with zero attached hydrogens (tertiary/aromatic N) is 1. The highest BCUT2D eigenvalue weighted by atomic mass is 16.5. The van der Waals surface area contributed by atoms with Crippen molar-refractivity contribution in [2.75, 3.05) is 6.61 Å². The van der Waals surface area contributed by atoms with Gasteiger partial charge in [0.05, 0.1) is 6.42 Å². The fourth-order valence-corrected chi connectivity index (χ4v) is 2.80. The van der Waals surface area contributed by atoms with Crippen LogP contribution in [0.1, 0.15) is 58.3 Å². The van der Waals surface area contributed by atoms with Crippen LogP contribution in [0.5, 0.6) is 0 Å². The van der Waals surface area contributed by atoms with E-state index < -0.39 is 6.10 Å². The summed E-state index contributed by atoms with van der Waals surface area (Å²) in [6.45, 7) is 2.38. The fourth-order valence-electron chi connectivity index (χ4n) is 2.80. The second kappa shape index (κ2) is 8.12. The van der Waals surface area contributed by atoms with Crippen LogP contribution in [0.25, 0.3) is 0 Å². The molecule has 6 nitrogen and oxygen atoms in total. The molecule has 6 heteroatoms. The molecular weight excluding hydrogens is 270 g/mol. The number of carbonyl (C=O) groups excluding carboxylic acids is 2. The maximum absolute atomic E-state index is 11.9. The average Bonchev–Trinajstić information content (AvgIpc) is 3.00. The number of nitrogens with one attached hydrogen (secondary N) is 2. The molecule has 1 aliphatic carbocycles. The number of carbonyl (C=O) groups is 2. The molecule has 1 unspecified atom stereocenters. The first-order chi connectivity index (χ1) is 10.1. The maximum atomic E-state index is 11.9. The normalized spacial score (nSPS) is 23.9. The number of hydrogen-bond acceptors (Lipinski definition) is 4. The zero-order valence-electron chi connectivity index (χ0n) is 12.7. The van der Waals surface area contributed by atoms with E-state index in [-0.39, 0.29) is 18.2 Å². The molecule has 0 aromatic rings. The third kappa shape index (κ3) is 5.46. The molecule has 0 radical (unpaired) electrons. The predicted octanol–water partition coefficient (Wildman–Crippen LogP) is 1.50. The summed E-state index contributed by atoms with van der Waals surface area (Å²) in [5.41, 5.74) is 3.08. The van der Waals surface area contributed by atoms with E-state index in [1.54, 1.807) is 6.92 Å². The first-order valence-electron chi connectivity index (χ1n) is 7.89. The number of rotatable bonds is 5. The molecule has 2 aliphatic rings. The highest BCUT2D eigenvalue weighted by Gasteiger charge is 2.23. The first kappa shape index (κ1) is 15.9. The third-order valence-electron chi connectivity index (χ3n) is 3.97. The number of amides is 2. The zero-order valence-corrected chi connectivity index (χ0v) is 12.7. The standard InChI is InChI=1S/C15H25N3O3/c1-11(17-18-15(20)13-8-5-9-21-13)10-14(19)16-12-6-3-2-4-7-12/h12-13H,2-10H2,1H3,(H,16,19)(H,18,20). The molecule has 1 atom stereocenters. The molecule has 0 aromatic carbocycles. The Morgan fingerprint density at radius 1 is 1.14 bits per heavy atom. The summed E-state index contributed by atoms with van der Waals surface area (Å²) in [6.07, 6.45) is 7.26. The Morgan fingerprint density at radius 3 is 2.57 bits per heavy atom. The lowest BCUT2D eigenvalue weighted by Gasteiger charge is -2.22. The van der Waals surface area contributed by atoms with Gasteiger partial charge in [-0.05, 0) is 32.6 Å². The minimum absolute atomic E-state index is 0.0190. The van der Waals surface area contributed by atoms with E-state index in [9.17, 15) is 9.59 Å².